The summed E-state index contributed by atoms with van der Waals surface area (Å²) < 4.78 is 35.3. The van der Waals surface area contributed by atoms with Crippen molar-refractivity contribution in [3.05, 3.63) is 5.82 Å². The number of halogens is 3. The lowest BCUT2D eigenvalue weighted by molar-refractivity contribution is -0.209. The van der Waals surface area contributed by atoms with Crippen molar-refractivity contribution >= 4 is 0 Å². The second-order valence-corrected chi connectivity index (χ2v) is 2.08. The van der Waals surface area contributed by atoms with Crippen LogP contribution in [0, 0.1) is 0 Å². The molecule has 1 aromatic heterocycles. The van der Waals surface area contributed by atoms with Crippen LogP contribution in [0.5, 0.6) is 0 Å². The molecule has 68 valence electrons. The van der Waals surface area contributed by atoms with E-state index in [1.54, 1.807) is 0 Å². The van der Waals surface area contributed by atoms with E-state index >= 15 is 0 Å². The van der Waals surface area contributed by atoms with Crippen LogP contribution in [0.1, 0.15) is 11.9 Å². The Morgan fingerprint density at radius 1 is 1.50 bits per heavy atom. The predicted octanol–water partition coefficient (Wildman–Crippen LogP) is -0.194. The number of aliphatic hydroxyl groups is 1. The van der Waals surface area contributed by atoms with E-state index in [4.69, 9.17) is 5.11 Å². The van der Waals surface area contributed by atoms with Crippen molar-refractivity contribution in [3.63, 3.8) is 0 Å². The zero-order chi connectivity index (χ0) is 9.35. The van der Waals surface area contributed by atoms with Gasteiger partial charge in [0.25, 0.3) is 0 Å². The summed E-state index contributed by atoms with van der Waals surface area (Å²) in [5.74, 6) is -0.745. The lowest BCUT2D eigenvalue weighted by Gasteiger charge is -2.09. The van der Waals surface area contributed by atoms with Gasteiger partial charge < -0.3 is 5.11 Å². The van der Waals surface area contributed by atoms with E-state index in [0.29, 0.717) is 0 Å². The molecule has 0 saturated heterocycles. The molecule has 0 radical (unpaired) electrons. The Morgan fingerprint density at radius 3 is 2.42 bits per heavy atom. The maximum atomic E-state index is 11.8. The van der Waals surface area contributed by atoms with Crippen LogP contribution in [-0.4, -0.2) is 31.5 Å². The number of aryl methyl sites for hydroxylation is 1. The number of aromatic nitrogens is 4. The summed E-state index contributed by atoms with van der Waals surface area (Å²) in [7, 11) is 1.31. The lowest BCUT2D eigenvalue weighted by atomic mass is 10.3. The van der Waals surface area contributed by atoms with E-state index in [2.05, 4.69) is 15.4 Å². The molecule has 0 bridgehead atoms. The van der Waals surface area contributed by atoms with Gasteiger partial charge in [0.1, 0.15) is 0 Å². The summed E-state index contributed by atoms with van der Waals surface area (Å²) in [6, 6.07) is 0. The van der Waals surface area contributed by atoms with Crippen LogP contribution in [0.3, 0.4) is 0 Å². The number of aliphatic hydroxyl groups excluding tert-OH is 1. The fourth-order valence-corrected chi connectivity index (χ4v) is 0.555. The maximum Gasteiger partial charge on any atom is 0.421 e. The highest BCUT2D eigenvalue weighted by molar-refractivity contribution is 4.87. The Morgan fingerprint density at radius 2 is 2.08 bits per heavy atom. The third-order valence-electron chi connectivity index (χ3n) is 1.08. The Kier molecular flexibility index (Phi) is 2.01. The molecule has 1 atom stereocenters. The molecule has 0 aliphatic carbocycles. The summed E-state index contributed by atoms with van der Waals surface area (Å²) in [5, 5.41) is 17.9. The van der Waals surface area contributed by atoms with E-state index in [0.717, 1.165) is 4.80 Å². The van der Waals surface area contributed by atoms with Gasteiger partial charge in [-0.05, 0) is 5.21 Å². The first-order valence-electron chi connectivity index (χ1n) is 2.90. The third-order valence-corrected chi connectivity index (χ3v) is 1.08. The van der Waals surface area contributed by atoms with Crippen LogP contribution in [0.4, 0.5) is 13.2 Å². The van der Waals surface area contributed by atoms with E-state index in [1.165, 1.54) is 7.05 Å². The normalized spacial score (nSPS) is 14.8. The number of tetrazole rings is 1. The Hall–Kier alpha value is -1.18. The first kappa shape index (κ1) is 8.91. The molecule has 0 unspecified atom stereocenters. The van der Waals surface area contributed by atoms with Crippen LogP contribution in [-0.2, 0) is 7.05 Å². The minimum atomic E-state index is -4.75. The number of rotatable bonds is 1. The highest BCUT2D eigenvalue weighted by atomic mass is 19.4. The standard InChI is InChI=1S/C4H5F3N4O/c1-11-9-3(8-10-11)2(12)4(5,6)7/h2,12H,1H3/t2-/m0/s1. The predicted molar refractivity (Wildman–Crippen MR) is 29.8 cm³/mol. The van der Waals surface area contributed by atoms with E-state index in [1.807, 2.05) is 0 Å². The monoisotopic (exact) mass is 182 g/mol. The molecule has 0 fully saturated rings. The van der Waals surface area contributed by atoms with Crippen molar-refractivity contribution in [1.82, 2.24) is 20.2 Å². The van der Waals surface area contributed by atoms with Crippen LogP contribution < -0.4 is 0 Å². The van der Waals surface area contributed by atoms with Gasteiger partial charge in [-0.2, -0.15) is 18.0 Å². The van der Waals surface area contributed by atoms with Gasteiger partial charge in [0.2, 0.25) is 11.9 Å². The van der Waals surface area contributed by atoms with Crippen molar-refractivity contribution in [2.24, 2.45) is 7.05 Å². The van der Waals surface area contributed by atoms with Crippen LogP contribution >= 0.6 is 0 Å². The summed E-state index contributed by atoms with van der Waals surface area (Å²) in [6.07, 6.45) is -7.41. The van der Waals surface area contributed by atoms with E-state index in [9.17, 15) is 13.2 Å². The molecule has 5 nitrogen and oxygen atoms in total. The molecule has 12 heavy (non-hydrogen) atoms. The molecule has 0 aliphatic heterocycles. The summed E-state index contributed by atoms with van der Waals surface area (Å²) in [5.41, 5.74) is 0. The van der Waals surface area contributed by atoms with Gasteiger partial charge in [0.15, 0.2) is 0 Å². The molecule has 8 heteroatoms. The molecular weight excluding hydrogens is 177 g/mol. The zero-order valence-corrected chi connectivity index (χ0v) is 5.95. The molecule has 0 saturated carbocycles. The van der Waals surface area contributed by atoms with Gasteiger partial charge in [0, 0.05) is 0 Å². The first-order chi connectivity index (χ1) is 5.41. The average Bonchev–Trinajstić information content (AvgIpc) is 2.32. The van der Waals surface area contributed by atoms with Crippen molar-refractivity contribution in [3.8, 4) is 0 Å². The smallest absolute Gasteiger partial charge is 0.377 e. The number of hydrogen-bond acceptors (Lipinski definition) is 4. The molecule has 0 aromatic carbocycles. The molecule has 0 spiro atoms. The highest BCUT2D eigenvalue weighted by Gasteiger charge is 2.42. The Labute approximate surface area is 64.8 Å². The summed E-state index contributed by atoms with van der Waals surface area (Å²) in [4.78, 5) is 0.838. The van der Waals surface area contributed by atoms with Crippen molar-refractivity contribution in [1.29, 1.82) is 0 Å². The fraction of sp³-hybridized carbons (Fsp3) is 0.750. The quantitative estimate of drug-likeness (QED) is 0.653. The topological polar surface area (TPSA) is 63.8 Å². The van der Waals surface area contributed by atoms with Gasteiger partial charge in [-0.15, -0.1) is 10.2 Å². The fourth-order valence-electron chi connectivity index (χ4n) is 0.555. The molecule has 0 amide bonds. The molecule has 1 N–H and O–H groups in total. The largest absolute Gasteiger partial charge is 0.421 e. The molecule has 0 aliphatic rings. The van der Waals surface area contributed by atoms with E-state index < -0.39 is 18.1 Å². The minimum absolute atomic E-state index is 0.745. The van der Waals surface area contributed by atoms with Crippen molar-refractivity contribution in [2.75, 3.05) is 0 Å². The summed E-state index contributed by atoms with van der Waals surface area (Å²) >= 11 is 0. The number of hydrogen-bond donors (Lipinski definition) is 1. The van der Waals surface area contributed by atoms with Gasteiger partial charge in [-0.3, -0.25) is 0 Å². The van der Waals surface area contributed by atoms with Crippen LogP contribution in [0.15, 0.2) is 0 Å². The second-order valence-electron chi connectivity index (χ2n) is 2.08. The maximum absolute atomic E-state index is 11.8. The van der Waals surface area contributed by atoms with Gasteiger partial charge in [0.05, 0.1) is 7.05 Å². The van der Waals surface area contributed by atoms with Crippen LogP contribution in [0.25, 0.3) is 0 Å². The van der Waals surface area contributed by atoms with Gasteiger partial charge in [-0.1, -0.05) is 0 Å². The van der Waals surface area contributed by atoms with Gasteiger partial charge in [-0.25, -0.2) is 0 Å². The van der Waals surface area contributed by atoms with Gasteiger partial charge >= 0.3 is 6.18 Å². The first-order valence-corrected chi connectivity index (χ1v) is 2.90. The van der Waals surface area contributed by atoms with Crippen LogP contribution in [0.2, 0.25) is 0 Å². The number of alkyl halides is 3. The molecule has 1 heterocycles. The molecule has 1 aromatic rings. The Balaban J connectivity index is 2.85. The molecule has 1 rings (SSSR count). The highest BCUT2D eigenvalue weighted by Crippen LogP contribution is 2.29. The van der Waals surface area contributed by atoms with Crippen molar-refractivity contribution < 1.29 is 18.3 Å². The number of nitrogens with zero attached hydrogens (tertiary/aromatic N) is 4. The van der Waals surface area contributed by atoms with E-state index in [-0.39, 0.29) is 0 Å². The molecular formula is C4H5F3N4O. The third kappa shape index (κ3) is 1.70. The minimum Gasteiger partial charge on any atom is -0.377 e. The average molecular weight is 182 g/mol. The Bertz CT molecular complexity index is 270. The SMILES string of the molecule is Cn1nnc([C@H](O)C(F)(F)F)n1. The lowest BCUT2D eigenvalue weighted by Crippen LogP contribution is -2.21. The summed E-state index contributed by atoms with van der Waals surface area (Å²) in [6.45, 7) is 0. The zero-order valence-electron chi connectivity index (χ0n) is 5.95. The van der Waals surface area contributed by atoms with Crippen molar-refractivity contribution in [2.45, 2.75) is 12.3 Å². The second kappa shape index (κ2) is 2.70.